The largest absolute Gasteiger partial charge is 0.357 e. The SMILES string of the molecule is CCNC(=NCc1sc(C)nc1C)NCCn1cc(C)cn1.I. The lowest BCUT2D eigenvalue weighted by Gasteiger charge is -2.11. The van der Waals surface area contributed by atoms with Crippen LogP contribution in [0.2, 0.25) is 0 Å². The number of nitrogens with one attached hydrogen (secondary N) is 2. The summed E-state index contributed by atoms with van der Waals surface area (Å²) in [5.74, 6) is 0.830. The number of hydrogen-bond acceptors (Lipinski definition) is 4. The first-order valence-electron chi connectivity index (χ1n) is 7.52. The summed E-state index contributed by atoms with van der Waals surface area (Å²) in [6.07, 6.45) is 3.91. The Kier molecular flexibility index (Phi) is 8.53. The average Bonchev–Trinajstić information content (AvgIpc) is 3.01. The van der Waals surface area contributed by atoms with Crippen molar-refractivity contribution >= 4 is 41.3 Å². The van der Waals surface area contributed by atoms with E-state index in [4.69, 9.17) is 0 Å². The maximum absolute atomic E-state index is 4.63. The fraction of sp³-hybridized carbons (Fsp3) is 0.533. The molecule has 23 heavy (non-hydrogen) atoms. The summed E-state index contributed by atoms with van der Waals surface area (Å²) < 4.78 is 1.93. The van der Waals surface area contributed by atoms with E-state index in [0.29, 0.717) is 6.54 Å². The van der Waals surface area contributed by atoms with Crippen LogP contribution in [0.15, 0.2) is 17.4 Å². The first-order valence-corrected chi connectivity index (χ1v) is 8.34. The van der Waals surface area contributed by atoms with Crippen molar-refractivity contribution in [2.45, 2.75) is 40.8 Å². The second-order valence-corrected chi connectivity index (χ2v) is 6.43. The van der Waals surface area contributed by atoms with Gasteiger partial charge in [0.05, 0.1) is 30.0 Å². The Labute approximate surface area is 158 Å². The summed E-state index contributed by atoms with van der Waals surface area (Å²) >= 11 is 1.71. The highest BCUT2D eigenvalue weighted by atomic mass is 127. The number of hydrogen-bond donors (Lipinski definition) is 2. The molecule has 0 aromatic carbocycles. The second kappa shape index (κ2) is 9.86. The topological polar surface area (TPSA) is 67.1 Å². The van der Waals surface area contributed by atoms with Gasteiger partial charge in [-0.05, 0) is 33.3 Å². The number of rotatable bonds is 6. The van der Waals surface area contributed by atoms with E-state index < -0.39 is 0 Å². The Balaban J connectivity index is 0.00000264. The van der Waals surface area contributed by atoms with Crippen molar-refractivity contribution in [2.24, 2.45) is 4.99 Å². The van der Waals surface area contributed by atoms with E-state index in [9.17, 15) is 0 Å². The van der Waals surface area contributed by atoms with Crippen LogP contribution < -0.4 is 10.6 Å². The monoisotopic (exact) mass is 448 g/mol. The average molecular weight is 448 g/mol. The molecule has 8 heteroatoms. The Morgan fingerprint density at radius 1 is 1.30 bits per heavy atom. The smallest absolute Gasteiger partial charge is 0.191 e. The van der Waals surface area contributed by atoms with Gasteiger partial charge in [0.15, 0.2) is 5.96 Å². The molecule has 0 atom stereocenters. The van der Waals surface area contributed by atoms with Gasteiger partial charge in [-0.1, -0.05) is 0 Å². The fourth-order valence-electron chi connectivity index (χ4n) is 2.09. The summed E-state index contributed by atoms with van der Waals surface area (Å²) in [6.45, 7) is 11.3. The first kappa shape index (κ1) is 19.9. The zero-order valence-electron chi connectivity index (χ0n) is 14.1. The zero-order valence-corrected chi connectivity index (χ0v) is 17.2. The van der Waals surface area contributed by atoms with Crippen LogP contribution in [0, 0.1) is 20.8 Å². The van der Waals surface area contributed by atoms with E-state index in [0.717, 1.165) is 36.3 Å². The molecule has 2 heterocycles. The van der Waals surface area contributed by atoms with E-state index in [2.05, 4.69) is 32.6 Å². The lowest BCUT2D eigenvalue weighted by atomic mass is 10.4. The summed E-state index contributed by atoms with van der Waals surface area (Å²) in [5.41, 5.74) is 2.26. The van der Waals surface area contributed by atoms with Gasteiger partial charge >= 0.3 is 0 Å². The van der Waals surface area contributed by atoms with Gasteiger partial charge in [0.2, 0.25) is 0 Å². The molecule has 2 aromatic heterocycles. The Bertz CT molecular complexity index is 634. The molecule has 2 N–H and O–H groups in total. The maximum Gasteiger partial charge on any atom is 0.191 e. The highest BCUT2D eigenvalue weighted by Crippen LogP contribution is 2.17. The standard InChI is InChI=1S/C15H24N6S.HI/c1-5-16-15(17-6-7-21-10-11(2)8-19-21)18-9-14-12(3)20-13(4)22-14;/h8,10H,5-7,9H2,1-4H3,(H2,16,17,18);1H. The number of nitrogens with zero attached hydrogens (tertiary/aromatic N) is 4. The number of aromatic nitrogens is 3. The van der Waals surface area contributed by atoms with Crippen molar-refractivity contribution in [2.75, 3.05) is 13.1 Å². The number of halogens is 1. The minimum absolute atomic E-state index is 0. The van der Waals surface area contributed by atoms with Crippen LogP contribution >= 0.6 is 35.3 Å². The predicted molar refractivity (Wildman–Crippen MR) is 107 cm³/mol. The molecule has 0 aliphatic carbocycles. The number of guanidine groups is 1. The molecule has 0 saturated carbocycles. The van der Waals surface area contributed by atoms with E-state index >= 15 is 0 Å². The highest BCUT2D eigenvalue weighted by molar-refractivity contribution is 14.0. The van der Waals surface area contributed by atoms with Crippen LogP contribution in [0.4, 0.5) is 0 Å². The molecule has 0 unspecified atom stereocenters. The molecule has 0 bridgehead atoms. The summed E-state index contributed by atoms with van der Waals surface area (Å²) in [5, 5.41) is 12.0. The van der Waals surface area contributed by atoms with Crippen molar-refractivity contribution in [1.29, 1.82) is 0 Å². The molecule has 0 fully saturated rings. The normalized spacial score (nSPS) is 11.2. The van der Waals surface area contributed by atoms with Crippen LogP contribution in [0.1, 0.15) is 28.1 Å². The van der Waals surface area contributed by atoms with Gasteiger partial charge in [-0.3, -0.25) is 4.68 Å². The molecule has 128 valence electrons. The quantitative estimate of drug-likeness (QED) is 0.405. The van der Waals surface area contributed by atoms with Crippen molar-refractivity contribution in [3.63, 3.8) is 0 Å². The molecule has 0 spiro atoms. The van der Waals surface area contributed by atoms with E-state index in [1.807, 2.05) is 37.8 Å². The Morgan fingerprint density at radius 2 is 2.09 bits per heavy atom. The first-order chi connectivity index (χ1) is 10.6. The van der Waals surface area contributed by atoms with Gasteiger partial charge in [-0.25, -0.2) is 9.98 Å². The van der Waals surface area contributed by atoms with Crippen LogP contribution in [-0.2, 0) is 13.1 Å². The number of aliphatic imine (C=N–C) groups is 1. The van der Waals surface area contributed by atoms with E-state index in [1.54, 1.807) is 11.3 Å². The summed E-state index contributed by atoms with van der Waals surface area (Å²) in [7, 11) is 0. The molecular weight excluding hydrogens is 423 g/mol. The molecule has 2 rings (SSSR count). The van der Waals surface area contributed by atoms with Gasteiger partial charge < -0.3 is 10.6 Å². The third-order valence-corrected chi connectivity index (χ3v) is 4.18. The lowest BCUT2D eigenvalue weighted by molar-refractivity contribution is 0.597. The van der Waals surface area contributed by atoms with E-state index in [-0.39, 0.29) is 24.0 Å². The molecule has 6 nitrogen and oxygen atoms in total. The van der Waals surface area contributed by atoms with Gasteiger partial charge in [0.25, 0.3) is 0 Å². The van der Waals surface area contributed by atoms with Crippen LogP contribution in [0.25, 0.3) is 0 Å². The lowest BCUT2D eigenvalue weighted by Crippen LogP contribution is -2.38. The van der Waals surface area contributed by atoms with Crippen molar-refractivity contribution in [1.82, 2.24) is 25.4 Å². The minimum Gasteiger partial charge on any atom is -0.357 e. The fourth-order valence-corrected chi connectivity index (χ4v) is 2.95. The number of aryl methyl sites for hydroxylation is 3. The van der Waals surface area contributed by atoms with Gasteiger partial charge in [-0.2, -0.15) is 5.10 Å². The third kappa shape index (κ3) is 6.46. The molecular formula is C15H25IN6S. The van der Waals surface area contributed by atoms with Crippen LogP contribution in [0.3, 0.4) is 0 Å². The van der Waals surface area contributed by atoms with Gasteiger partial charge in [-0.15, -0.1) is 35.3 Å². The van der Waals surface area contributed by atoms with Crippen molar-refractivity contribution in [3.05, 3.63) is 33.5 Å². The van der Waals surface area contributed by atoms with Crippen LogP contribution in [0.5, 0.6) is 0 Å². The molecule has 0 aliphatic rings. The van der Waals surface area contributed by atoms with E-state index in [1.165, 1.54) is 10.4 Å². The minimum atomic E-state index is 0. The Morgan fingerprint density at radius 3 is 2.65 bits per heavy atom. The zero-order chi connectivity index (χ0) is 15.9. The van der Waals surface area contributed by atoms with Crippen molar-refractivity contribution < 1.29 is 0 Å². The number of thiazole rings is 1. The molecule has 2 aromatic rings. The predicted octanol–water partition coefficient (Wildman–Crippen LogP) is 2.64. The Hall–Kier alpha value is -1.16. The van der Waals surface area contributed by atoms with Crippen molar-refractivity contribution in [3.8, 4) is 0 Å². The van der Waals surface area contributed by atoms with Gasteiger partial charge in [0.1, 0.15) is 0 Å². The molecule has 0 radical (unpaired) electrons. The third-order valence-electron chi connectivity index (χ3n) is 3.12. The maximum atomic E-state index is 4.63. The molecule has 0 amide bonds. The van der Waals surface area contributed by atoms with Crippen LogP contribution in [-0.4, -0.2) is 33.8 Å². The summed E-state index contributed by atoms with van der Waals surface area (Å²) in [4.78, 5) is 10.3. The highest BCUT2D eigenvalue weighted by Gasteiger charge is 2.04. The van der Waals surface area contributed by atoms with Gasteiger partial charge in [0, 0.05) is 24.2 Å². The molecule has 0 aliphatic heterocycles. The summed E-state index contributed by atoms with van der Waals surface area (Å²) in [6, 6.07) is 0. The second-order valence-electron chi connectivity index (χ2n) is 5.14. The molecule has 0 saturated heterocycles.